The topological polar surface area (TPSA) is 112 Å². The van der Waals surface area contributed by atoms with Crippen molar-refractivity contribution < 1.29 is 18.7 Å². The van der Waals surface area contributed by atoms with Gasteiger partial charge >= 0.3 is 5.97 Å². The standard InChI is InChI=1S/C23H21FN6O3S3/c1-30-13-26-29-23(30)36-18-9-8-17(34-15-5-3-14(11-24)4-6-15)20(27-18)21(32)28-22-25-12-16(35-22)7-10-19(31)33-2/h3-6,8-9,12-13H,7,10-11H2,1-2H3,(H,25,28,32). The van der Waals surface area contributed by atoms with Crippen LogP contribution in [0.15, 0.2) is 68.9 Å². The Hall–Kier alpha value is -3.29. The van der Waals surface area contributed by atoms with E-state index in [4.69, 9.17) is 0 Å². The summed E-state index contributed by atoms with van der Waals surface area (Å²) >= 11 is 3.92. The van der Waals surface area contributed by atoms with E-state index in [1.54, 1.807) is 41.4 Å². The first-order valence-corrected chi connectivity index (χ1v) is 13.1. The summed E-state index contributed by atoms with van der Waals surface area (Å²) in [5.41, 5.74) is 0.797. The lowest BCUT2D eigenvalue weighted by atomic mass is 10.2. The predicted octanol–water partition coefficient (Wildman–Crippen LogP) is 4.80. The first-order chi connectivity index (χ1) is 17.4. The zero-order valence-corrected chi connectivity index (χ0v) is 21.8. The number of amides is 1. The van der Waals surface area contributed by atoms with Crippen molar-refractivity contribution in [2.24, 2.45) is 7.05 Å². The van der Waals surface area contributed by atoms with Gasteiger partial charge in [0, 0.05) is 27.9 Å². The molecule has 1 amide bonds. The molecule has 0 aliphatic rings. The third-order valence-corrected chi connectivity index (χ3v) is 7.81. The Morgan fingerprint density at radius 3 is 2.67 bits per heavy atom. The lowest BCUT2D eigenvalue weighted by molar-refractivity contribution is -0.140. The average molecular weight is 545 g/mol. The van der Waals surface area contributed by atoms with E-state index in [9.17, 15) is 14.0 Å². The molecule has 13 heteroatoms. The molecule has 0 saturated heterocycles. The number of nitrogens with one attached hydrogen (secondary N) is 1. The van der Waals surface area contributed by atoms with E-state index < -0.39 is 12.6 Å². The molecule has 0 unspecified atom stereocenters. The molecule has 9 nitrogen and oxygen atoms in total. The fraction of sp³-hybridized carbons (Fsp3) is 0.217. The Kier molecular flexibility index (Phi) is 8.67. The molecule has 0 aliphatic heterocycles. The summed E-state index contributed by atoms with van der Waals surface area (Å²) in [7, 11) is 3.16. The van der Waals surface area contributed by atoms with Gasteiger partial charge in [-0.05, 0) is 48.0 Å². The number of carbonyl (C=O) groups is 2. The Morgan fingerprint density at radius 2 is 1.97 bits per heavy atom. The Labute approximate surface area is 218 Å². The second-order valence-corrected chi connectivity index (χ2v) is 10.6. The summed E-state index contributed by atoms with van der Waals surface area (Å²) in [5, 5.41) is 12.3. The van der Waals surface area contributed by atoms with Crippen LogP contribution in [0.5, 0.6) is 0 Å². The third kappa shape index (κ3) is 6.68. The number of nitrogens with zero attached hydrogens (tertiary/aromatic N) is 5. The zero-order chi connectivity index (χ0) is 25.5. The number of esters is 1. The summed E-state index contributed by atoms with van der Waals surface area (Å²) in [6, 6.07) is 10.6. The molecule has 0 bridgehead atoms. The number of rotatable bonds is 10. The van der Waals surface area contributed by atoms with Crippen molar-refractivity contribution >= 4 is 51.9 Å². The maximum Gasteiger partial charge on any atom is 0.305 e. The van der Waals surface area contributed by atoms with Gasteiger partial charge < -0.3 is 9.30 Å². The van der Waals surface area contributed by atoms with Crippen LogP contribution in [0.1, 0.15) is 27.3 Å². The number of thiazole rings is 1. The molecule has 0 atom stereocenters. The minimum absolute atomic E-state index is 0.216. The van der Waals surface area contributed by atoms with Crippen LogP contribution in [0.2, 0.25) is 0 Å². The van der Waals surface area contributed by atoms with Crippen LogP contribution in [-0.2, 0) is 29.7 Å². The Balaban J connectivity index is 1.56. The van der Waals surface area contributed by atoms with Crippen LogP contribution >= 0.6 is 34.9 Å². The number of carbonyl (C=O) groups excluding carboxylic acids is 2. The fourth-order valence-corrected chi connectivity index (χ4v) is 5.37. The van der Waals surface area contributed by atoms with E-state index in [0.29, 0.717) is 32.2 Å². The minimum atomic E-state index is -0.538. The molecule has 36 heavy (non-hydrogen) atoms. The fourth-order valence-electron chi connectivity index (χ4n) is 2.93. The molecule has 0 spiro atoms. The quantitative estimate of drug-likeness (QED) is 0.281. The van der Waals surface area contributed by atoms with E-state index >= 15 is 0 Å². The lowest BCUT2D eigenvalue weighted by Gasteiger charge is -2.10. The molecule has 4 aromatic rings. The maximum atomic E-state index is 13.3. The van der Waals surface area contributed by atoms with Gasteiger partial charge in [-0.25, -0.2) is 14.4 Å². The largest absolute Gasteiger partial charge is 0.469 e. The molecule has 0 fully saturated rings. The number of benzene rings is 1. The van der Waals surface area contributed by atoms with Gasteiger partial charge in [-0.3, -0.25) is 14.9 Å². The number of halogens is 1. The highest BCUT2D eigenvalue weighted by atomic mass is 32.2. The summed E-state index contributed by atoms with van der Waals surface area (Å²) in [6.07, 6.45) is 3.91. The van der Waals surface area contributed by atoms with Crippen LogP contribution in [-0.4, -0.2) is 43.7 Å². The summed E-state index contributed by atoms with van der Waals surface area (Å²) in [6.45, 7) is -0.538. The van der Waals surface area contributed by atoms with E-state index in [-0.39, 0.29) is 18.1 Å². The molecule has 3 heterocycles. The van der Waals surface area contributed by atoms with Crippen LogP contribution in [0, 0.1) is 0 Å². The van der Waals surface area contributed by atoms with Gasteiger partial charge in [0.05, 0.1) is 13.5 Å². The normalized spacial score (nSPS) is 10.9. The molecule has 4 rings (SSSR count). The zero-order valence-electron chi connectivity index (χ0n) is 19.3. The SMILES string of the molecule is COC(=O)CCc1cnc(NC(=O)c2nc(Sc3nncn3C)ccc2Sc2ccc(CF)cc2)s1. The number of alkyl halides is 1. The number of anilines is 1. The van der Waals surface area contributed by atoms with Crippen LogP contribution < -0.4 is 5.32 Å². The first kappa shape index (κ1) is 25.8. The summed E-state index contributed by atoms with van der Waals surface area (Å²) < 4.78 is 19.3. The second kappa shape index (κ2) is 12.1. The van der Waals surface area contributed by atoms with Crippen LogP contribution in [0.25, 0.3) is 0 Å². The Bertz CT molecular complexity index is 1360. The molecule has 3 aromatic heterocycles. The summed E-state index contributed by atoms with van der Waals surface area (Å²) in [4.78, 5) is 35.8. The van der Waals surface area contributed by atoms with Crippen molar-refractivity contribution in [3.05, 3.63) is 65.1 Å². The number of aryl methyl sites for hydroxylation is 2. The van der Waals surface area contributed by atoms with E-state index in [0.717, 1.165) is 9.77 Å². The molecule has 0 aliphatic carbocycles. The number of aromatic nitrogens is 5. The van der Waals surface area contributed by atoms with Crippen molar-refractivity contribution in [2.45, 2.75) is 39.5 Å². The average Bonchev–Trinajstić information content (AvgIpc) is 3.52. The van der Waals surface area contributed by atoms with E-state index in [1.807, 2.05) is 19.2 Å². The summed E-state index contributed by atoms with van der Waals surface area (Å²) in [5.74, 6) is -0.733. The van der Waals surface area contributed by atoms with E-state index in [2.05, 4.69) is 30.2 Å². The maximum absolute atomic E-state index is 13.3. The number of ether oxygens (including phenoxy) is 1. The van der Waals surface area contributed by atoms with Gasteiger partial charge in [-0.1, -0.05) is 23.9 Å². The molecule has 0 radical (unpaired) electrons. The predicted molar refractivity (Wildman–Crippen MR) is 135 cm³/mol. The van der Waals surface area contributed by atoms with Crippen molar-refractivity contribution in [1.29, 1.82) is 0 Å². The third-order valence-electron chi connectivity index (χ3n) is 4.80. The van der Waals surface area contributed by atoms with Crippen LogP contribution in [0.3, 0.4) is 0 Å². The van der Waals surface area contributed by atoms with Gasteiger partial charge in [0.2, 0.25) is 0 Å². The molecule has 1 aromatic carbocycles. The molecule has 186 valence electrons. The van der Waals surface area contributed by atoms with Gasteiger partial charge in [-0.15, -0.1) is 21.5 Å². The van der Waals surface area contributed by atoms with E-state index in [1.165, 1.54) is 42.0 Å². The number of methoxy groups -OCH3 is 1. The van der Waals surface area contributed by atoms with Gasteiger partial charge in [0.15, 0.2) is 10.3 Å². The molecular formula is C23H21FN6O3S3. The van der Waals surface area contributed by atoms with Gasteiger partial charge in [0.25, 0.3) is 5.91 Å². The highest BCUT2D eigenvalue weighted by Gasteiger charge is 2.19. The molecular weight excluding hydrogens is 523 g/mol. The van der Waals surface area contributed by atoms with Crippen molar-refractivity contribution in [2.75, 3.05) is 12.4 Å². The monoisotopic (exact) mass is 544 g/mol. The minimum Gasteiger partial charge on any atom is -0.469 e. The lowest BCUT2D eigenvalue weighted by Crippen LogP contribution is -2.15. The molecule has 0 saturated carbocycles. The smallest absolute Gasteiger partial charge is 0.305 e. The van der Waals surface area contributed by atoms with Gasteiger partial charge in [0.1, 0.15) is 23.7 Å². The highest BCUT2D eigenvalue weighted by molar-refractivity contribution is 7.99. The van der Waals surface area contributed by atoms with Crippen molar-refractivity contribution in [3.63, 3.8) is 0 Å². The first-order valence-electron chi connectivity index (χ1n) is 10.6. The van der Waals surface area contributed by atoms with Gasteiger partial charge in [-0.2, -0.15) is 0 Å². The number of hydrogen-bond donors (Lipinski definition) is 1. The second-order valence-electron chi connectivity index (χ2n) is 7.36. The molecule has 1 N–H and O–H groups in total. The van der Waals surface area contributed by atoms with Crippen molar-refractivity contribution in [1.82, 2.24) is 24.7 Å². The van der Waals surface area contributed by atoms with Crippen molar-refractivity contribution in [3.8, 4) is 0 Å². The number of hydrogen-bond acceptors (Lipinski definition) is 10. The highest BCUT2D eigenvalue weighted by Crippen LogP contribution is 2.33. The Morgan fingerprint density at radius 1 is 1.17 bits per heavy atom. The van der Waals surface area contributed by atoms with Crippen LogP contribution in [0.4, 0.5) is 9.52 Å². The number of pyridine rings is 1.